The molecule has 1 aromatic heterocycles. The lowest BCUT2D eigenvalue weighted by molar-refractivity contribution is -0.112. The fourth-order valence-corrected chi connectivity index (χ4v) is 2.56. The highest BCUT2D eigenvalue weighted by Gasteiger charge is 2.11. The minimum atomic E-state index is -0.504. The lowest BCUT2D eigenvalue weighted by Crippen LogP contribution is -2.13. The van der Waals surface area contributed by atoms with E-state index in [0.29, 0.717) is 5.69 Å². The first-order valence-electron chi connectivity index (χ1n) is 8.03. The van der Waals surface area contributed by atoms with Crippen molar-refractivity contribution in [2.45, 2.75) is 6.92 Å². The Hall–Kier alpha value is -3.78. The van der Waals surface area contributed by atoms with Crippen LogP contribution in [0.15, 0.2) is 72.4 Å². The molecule has 1 amide bonds. The number of aryl methyl sites for hydroxylation is 1. The largest absolute Gasteiger partial charge is 0.508 e. The van der Waals surface area contributed by atoms with Crippen molar-refractivity contribution in [2.24, 2.45) is 0 Å². The number of aromatic hydroxyl groups is 1. The molecule has 3 rings (SSSR count). The van der Waals surface area contributed by atoms with Crippen molar-refractivity contribution in [2.75, 3.05) is 5.32 Å². The van der Waals surface area contributed by atoms with Crippen LogP contribution in [-0.4, -0.2) is 15.6 Å². The Morgan fingerprint density at radius 3 is 2.62 bits per heavy atom. The maximum atomic E-state index is 12.4. The molecule has 0 radical (unpaired) electrons. The number of nitrogens with zero attached hydrogens (tertiary/aromatic N) is 2. The smallest absolute Gasteiger partial charge is 0.266 e. The van der Waals surface area contributed by atoms with Gasteiger partial charge in [0.2, 0.25) is 0 Å². The highest BCUT2D eigenvalue weighted by atomic mass is 16.3. The lowest BCUT2D eigenvalue weighted by Gasteiger charge is -2.08. The predicted molar refractivity (Wildman–Crippen MR) is 101 cm³/mol. The Bertz CT molecular complexity index is 1010. The van der Waals surface area contributed by atoms with Crippen LogP contribution in [0.3, 0.4) is 0 Å². The van der Waals surface area contributed by atoms with Crippen molar-refractivity contribution in [3.63, 3.8) is 0 Å². The molecule has 3 aromatic rings. The SMILES string of the molecule is Cc1cccc(-n2cccc2/C=C(/C#N)C(=O)Nc2ccc(O)cc2)c1. The molecule has 2 aromatic carbocycles. The number of carbonyl (C=O) groups excluding carboxylic acids is 1. The molecule has 0 atom stereocenters. The van der Waals surface area contributed by atoms with Gasteiger partial charge in [0.05, 0.1) is 0 Å². The van der Waals surface area contributed by atoms with Gasteiger partial charge in [0, 0.05) is 23.3 Å². The fourth-order valence-electron chi connectivity index (χ4n) is 2.56. The molecule has 5 heteroatoms. The summed E-state index contributed by atoms with van der Waals surface area (Å²) in [6.45, 7) is 2.01. The molecule has 0 aliphatic heterocycles. The number of amides is 1. The van der Waals surface area contributed by atoms with Crippen molar-refractivity contribution < 1.29 is 9.90 Å². The zero-order chi connectivity index (χ0) is 18.5. The highest BCUT2D eigenvalue weighted by Crippen LogP contribution is 2.18. The van der Waals surface area contributed by atoms with Gasteiger partial charge in [-0.3, -0.25) is 4.79 Å². The molecule has 0 fully saturated rings. The van der Waals surface area contributed by atoms with Crippen molar-refractivity contribution >= 4 is 17.7 Å². The molecule has 0 spiro atoms. The number of phenols is 1. The Balaban J connectivity index is 1.88. The van der Waals surface area contributed by atoms with Gasteiger partial charge in [-0.05, 0) is 67.1 Å². The van der Waals surface area contributed by atoms with Gasteiger partial charge in [0.15, 0.2) is 0 Å². The van der Waals surface area contributed by atoms with Gasteiger partial charge < -0.3 is 15.0 Å². The lowest BCUT2D eigenvalue weighted by atomic mass is 10.2. The monoisotopic (exact) mass is 343 g/mol. The number of carbonyl (C=O) groups is 1. The van der Waals surface area contributed by atoms with Gasteiger partial charge in [-0.2, -0.15) is 5.26 Å². The summed E-state index contributed by atoms with van der Waals surface area (Å²) in [4.78, 5) is 12.4. The molecular formula is C21H17N3O2. The van der Waals surface area contributed by atoms with Gasteiger partial charge in [-0.1, -0.05) is 12.1 Å². The van der Waals surface area contributed by atoms with Crippen LogP contribution in [0.25, 0.3) is 11.8 Å². The first kappa shape index (κ1) is 17.1. The fraction of sp³-hybridized carbons (Fsp3) is 0.0476. The van der Waals surface area contributed by atoms with Crippen LogP contribution >= 0.6 is 0 Å². The van der Waals surface area contributed by atoms with E-state index in [0.717, 1.165) is 16.9 Å². The number of hydrogen-bond acceptors (Lipinski definition) is 3. The first-order valence-corrected chi connectivity index (χ1v) is 8.03. The van der Waals surface area contributed by atoms with Gasteiger partial charge in [0.1, 0.15) is 17.4 Å². The van der Waals surface area contributed by atoms with E-state index in [1.165, 1.54) is 12.1 Å². The minimum Gasteiger partial charge on any atom is -0.508 e. The predicted octanol–water partition coefficient (Wildman–Crippen LogP) is 4.04. The van der Waals surface area contributed by atoms with Crippen LogP contribution in [0, 0.1) is 18.3 Å². The van der Waals surface area contributed by atoms with Crippen molar-refractivity contribution in [1.82, 2.24) is 4.57 Å². The number of phenolic OH excluding ortho intramolecular Hbond substituents is 1. The summed E-state index contributed by atoms with van der Waals surface area (Å²) in [5.74, 6) is -0.398. The summed E-state index contributed by atoms with van der Waals surface area (Å²) < 4.78 is 1.91. The number of hydrogen-bond donors (Lipinski definition) is 2. The van der Waals surface area contributed by atoms with Gasteiger partial charge in [0.25, 0.3) is 5.91 Å². The Labute approximate surface area is 151 Å². The first-order chi connectivity index (χ1) is 12.6. The second kappa shape index (κ2) is 7.41. The van der Waals surface area contributed by atoms with Gasteiger partial charge in [-0.15, -0.1) is 0 Å². The summed E-state index contributed by atoms with van der Waals surface area (Å²) in [6.07, 6.45) is 3.44. The zero-order valence-corrected chi connectivity index (χ0v) is 14.2. The number of rotatable bonds is 4. The summed E-state index contributed by atoms with van der Waals surface area (Å²) in [6, 6.07) is 19.7. The molecule has 0 unspecified atom stereocenters. The molecule has 26 heavy (non-hydrogen) atoms. The van der Waals surface area contributed by atoms with E-state index in [4.69, 9.17) is 0 Å². The highest BCUT2D eigenvalue weighted by molar-refractivity contribution is 6.09. The standard InChI is InChI=1S/C21H17N3O2/c1-15-4-2-5-18(12-15)24-11-3-6-19(24)13-16(14-22)21(26)23-17-7-9-20(25)10-8-17/h2-13,25H,1H3,(H,23,26)/b16-13-. The molecule has 0 saturated carbocycles. The maximum Gasteiger partial charge on any atom is 0.266 e. The van der Waals surface area contributed by atoms with Crippen LogP contribution in [0.5, 0.6) is 5.75 Å². The topological polar surface area (TPSA) is 78.0 Å². The Kier molecular flexibility index (Phi) is 4.86. The summed E-state index contributed by atoms with van der Waals surface area (Å²) in [5, 5.41) is 21.3. The molecule has 0 aliphatic carbocycles. The Morgan fingerprint density at radius 2 is 1.92 bits per heavy atom. The molecule has 0 saturated heterocycles. The Morgan fingerprint density at radius 1 is 1.15 bits per heavy atom. The number of nitrogens with one attached hydrogen (secondary N) is 1. The van der Waals surface area contributed by atoms with E-state index in [2.05, 4.69) is 5.32 Å². The molecule has 0 aliphatic rings. The van der Waals surface area contributed by atoms with Crippen LogP contribution < -0.4 is 5.32 Å². The molecule has 128 valence electrons. The van der Waals surface area contributed by atoms with E-state index in [1.807, 2.05) is 60.2 Å². The third-order valence-corrected chi connectivity index (χ3v) is 3.84. The van der Waals surface area contributed by atoms with E-state index in [9.17, 15) is 15.2 Å². The average Bonchev–Trinajstić information content (AvgIpc) is 3.09. The van der Waals surface area contributed by atoms with Crippen LogP contribution in [0.1, 0.15) is 11.3 Å². The summed E-state index contributed by atoms with van der Waals surface area (Å²) >= 11 is 0. The molecule has 0 bridgehead atoms. The number of anilines is 1. The number of aromatic nitrogens is 1. The second-order valence-electron chi connectivity index (χ2n) is 5.81. The molecule has 1 heterocycles. The van der Waals surface area contributed by atoms with Gasteiger partial charge in [-0.25, -0.2) is 0 Å². The average molecular weight is 343 g/mol. The minimum absolute atomic E-state index is 0.00863. The van der Waals surface area contributed by atoms with Crippen molar-refractivity contribution in [1.29, 1.82) is 5.26 Å². The van der Waals surface area contributed by atoms with Crippen LogP contribution in [0.2, 0.25) is 0 Å². The maximum absolute atomic E-state index is 12.4. The normalized spacial score (nSPS) is 11.0. The van der Waals surface area contributed by atoms with E-state index < -0.39 is 5.91 Å². The van der Waals surface area contributed by atoms with Crippen LogP contribution in [0.4, 0.5) is 5.69 Å². The third kappa shape index (κ3) is 3.82. The van der Waals surface area contributed by atoms with E-state index >= 15 is 0 Å². The summed E-state index contributed by atoms with van der Waals surface area (Å²) in [7, 11) is 0. The molecule has 2 N–H and O–H groups in total. The van der Waals surface area contributed by atoms with Crippen molar-refractivity contribution in [3.8, 4) is 17.5 Å². The number of benzene rings is 2. The zero-order valence-electron chi connectivity index (χ0n) is 14.2. The van der Waals surface area contributed by atoms with Crippen molar-refractivity contribution in [3.05, 3.63) is 83.7 Å². The quantitative estimate of drug-likeness (QED) is 0.426. The second-order valence-corrected chi connectivity index (χ2v) is 5.81. The third-order valence-electron chi connectivity index (χ3n) is 3.84. The van der Waals surface area contributed by atoms with E-state index in [-0.39, 0.29) is 11.3 Å². The molecular weight excluding hydrogens is 326 g/mol. The molecule has 5 nitrogen and oxygen atoms in total. The van der Waals surface area contributed by atoms with Crippen LogP contribution in [-0.2, 0) is 4.79 Å². The van der Waals surface area contributed by atoms with E-state index in [1.54, 1.807) is 18.2 Å². The number of nitriles is 1. The summed E-state index contributed by atoms with van der Waals surface area (Å²) in [5.41, 5.74) is 3.30. The van der Waals surface area contributed by atoms with Gasteiger partial charge >= 0.3 is 0 Å².